The van der Waals surface area contributed by atoms with Crippen molar-refractivity contribution in [1.82, 2.24) is 10.3 Å². The molecule has 0 saturated heterocycles. The van der Waals surface area contributed by atoms with E-state index in [-0.39, 0.29) is 0 Å². The van der Waals surface area contributed by atoms with Crippen LogP contribution < -0.4 is 5.32 Å². The first-order chi connectivity index (χ1) is 8.35. The maximum atomic E-state index is 4.74. The number of aryl methyl sites for hydroxylation is 1. The van der Waals surface area contributed by atoms with E-state index in [0.29, 0.717) is 0 Å². The summed E-state index contributed by atoms with van der Waals surface area (Å²) in [5.74, 6) is 0. The number of nitrogens with zero attached hydrogens (tertiary/aromatic N) is 1. The molecule has 0 fully saturated rings. The van der Waals surface area contributed by atoms with Gasteiger partial charge in [0.25, 0.3) is 0 Å². The van der Waals surface area contributed by atoms with Crippen LogP contribution in [-0.2, 0) is 13.0 Å². The van der Waals surface area contributed by atoms with Gasteiger partial charge < -0.3 is 5.32 Å². The summed E-state index contributed by atoms with van der Waals surface area (Å²) < 4.78 is 0. The van der Waals surface area contributed by atoms with Crippen molar-refractivity contribution in [3.63, 3.8) is 0 Å². The Bertz CT molecular complexity index is 462. The first-order valence-electron chi connectivity index (χ1n) is 6.09. The smallest absolute Gasteiger partial charge is 0.107 e. The summed E-state index contributed by atoms with van der Waals surface area (Å²) in [6, 6.07) is 10.4. The number of benzene rings is 1. The van der Waals surface area contributed by atoms with Crippen LogP contribution >= 0.6 is 11.3 Å². The van der Waals surface area contributed by atoms with Crippen molar-refractivity contribution in [2.75, 3.05) is 6.54 Å². The molecule has 0 unspecified atom stereocenters. The maximum Gasteiger partial charge on any atom is 0.107 e. The lowest BCUT2D eigenvalue weighted by molar-refractivity contribution is 0.723. The highest BCUT2D eigenvalue weighted by Crippen LogP contribution is 2.28. The Morgan fingerprint density at radius 3 is 2.59 bits per heavy atom. The van der Waals surface area contributed by atoms with Crippen molar-refractivity contribution in [3.8, 4) is 11.3 Å². The lowest BCUT2D eigenvalue weighted by Gasteiger charge is -1.98. The van der Waals surface area contributed by atoms with Crippen molar-refractivity contribution >= 4 is 11.3 Å². The van der Waals surface area contributed by atoms with Gasteiger partial charge in [-0.15, -0.1) is 11.3 Å². The zero-order valence-corrected chi connectivity index (χ0v) is 11.2. The van der Waals surface area contributed by atoms with Crippen LogP contribution in [0.25, 0.3) is 11.3 Å². The van der Waals surface area contributed by atoms with E-state index in [1.165, 1.54) is 15.4 Å². The lowest BCUT2D eigenvalue weighted by atomic mass is 10.1. The van der Waals surface area contributed by atoms with Crippen molar-refractivity contribution in [3.05, 3.63) is 40.2 Å². The van der Waals surface area contributed by atoms with Crippen molar-refractivity contribution < 1.29 is 0 Å². The molecule has 3 heteroatoms. The molecule has 0 radical (unpaired) electrons. The van der Waals surface area contributed by atoms with Gasteiger partial charge in [0.1, 0.15) is 5.01 Å². The summed E-state index contributed by atoms with van der Waals surface area (Å²) in [6.07, 6.45) is 1.05. The first-order valence-corrected chi connectivity index (χ1v) is 6.91. The summed E-state index contributed by atoms with van der Waals surface area (Å²) in [7, 11) is 0. The molecule has 0 aliphatic carbocycles. The largest absolute Gasteiger partial charge is 0.311 e. The standard InChI is InChI=1S/C14H18N2S/c1-3-12-14(11-8-6-5-7-9-11)16-13(17-12)10-15-4-2/h5-9,15H,3-4,10H2,1-2H3. The Hall–Kier alpha value is -1.19. The monoisotopic (exact) mass is 246 g/mol. The molecule has 90 valence electrons. The molecule has 0 amide bonds. The van der Waals surface area contributed by atoms with E-state index < -0.39 is 0 Å². The summed E-state index contributed by atoms with van der Waals surface area (Å²) in [6.45, 7) is 6.17. The van der Waals surface area contributed by atoms with Crippen LogP contribution in [-0.4, -0.2) is 11.5 Å². The fraction of sp³-hybridized carbons (Fsp3) is 0.357. The second kappa shape index (κ2) is 5.94. The van der Waals surface area contributed by atoms with Gasteiger partial charge in [0.2, 0.25) is 0 Å². The Balaban J connectivity index is 2.30. The lowest BCUT2D eigenvalue weighted by Crippen LogP contribution is -2.11. The quantitative estimate of drug-likeness (QED) is 0.873. The molecule has 2 aromatic rings. The molecule has 1 N–H and O–H groups in total. The Morgan fingerprint density at radius 2 is 1.94 bits per heavy atom. The molecular formula is C14H18N2S. The summed E-state index contributed by atoms with van der Waals surface area (Å²) >= 11 is 1.82. The van der Waals surface area contributed by atoms with Crippen LogP contribution in [0.15, 0.2) is 30.3 Å². The minimum atomic E-state index is 0.876. The molecule has 1 aromatic heterocycles. The third-order valence-electron chi connectivity index (χ3n) is 2.64. The number of rotatable bonds is 5. The summed E-state index contributed by atoms with van der Waals surface area (Å²) in [5.41, 5.74) is 2.38. The molecule has 0 bridgehead atoms. The minimum Gasteiger partial charge on any atom is -0.311 e. The molecule has 0 aliphatic rings. The molecule has 2 rings (SSSR count). The van der Waals surface area contributed by atoms with Crippen molar-refractivity contribution in [2.45, 2.75) is 26.8 Å². The van der Waals surface area contributed by atoms with Crippen molar-refractivity contribution in [2.24, 2.45) is 0 Å². The van der Waals surface area contributed by atoms with E-state index in [1.54, 1.807) is 0 Å². The predicted molar refractivity (Wildman–Crippen MR) is 74.3 cm³/mol. The van der Waals surface area contributed by atoms with Gasteiger partial charge in [-0.1, -0.05) is 44.2 Å². The first kappa shape index (κ1) is 12.3. The van der Waals surface area contributed by atoms with E-state index in [0.717, 1.165) is 25.2 Å². The van der Waals surface area contributed by atoms with Gasteiger partial charge in [-0.05, 0) is 13.0 Å². The van der Waals surface area contributed by atoms with Crippen LogP contribution in [0.2, 0.25) is 0 Å². The average molecular weight is 246 g/mol. The van der Waals surface area contributed by atoms with Gasteiger partial charge >= 0.3 is 0 Å². The van der Waals surface area contributed by atoms with E-state index in [4.69, 9.17) is 4.98 Å². The Morgan fingerprint density at radius 1 is 1.18 bits per heavy atom. The summed E-state index contributed by atoms with van der Waals surface area (Å²) in [5, 5.41) is 4.51. The highest BCUT2D eigenvalue weighted by atomic mass is 32.1. The topological polar surface area (TPSA) is 24.9 Å². The van der Waals surface area contributed by atoms with Crippen LogP contribution in [0.5, 0.6) is 0 Å². The maximum absolute atomic E-state index is 4.74. The molecule has 1 heterocycles. The number of aromatic nitrogens is 1. The number of thiazole rings is 1. The molecule has 0 atom stereocenters. The SMILES string of the molecule is CCNCc1nc(-c2ccccc2)c(CC)s1. The fourth-order valence-corrected chi connectivity index (χ4v) is 2.77. The Kier molecular flexibility index (Phi) is 4.29. The molecular weight excluding hydrogens is 228 g/mol. The molecule has 2 nitrogen and oxygen atoms in total. The number of nitrogens with one attached hydrogen (secondary N) is 1. The average Bonchev–Trinajstić information content (AvgIpc) is 2.80. The van der Waals surface area contributed by atoms with E-state index >= 15 is 0 Å². The third-order valence-corrected chi connectivity index (χ3v) is 3.84. The van der Waals surface area contributed by atoms with Gasteiger partial charge in [-0.3, -0.25) is 0 Å². The van der Waals surface area contributed by atoms with Crippen LogP contribution in [0.1, 0.15) is 23.7 Å². The highest BCUT2D eigenvalue weighted by Gasteiger charge is 2.10. The van der Waals surface area contributed by atoms with Gasteiger partial charge in [-0.2, -0.15) is 0 Å². The number of hydrogen-bond donors (Lipinski definition) is 1. The number of hydrogen-bond acceptors (Lipinski definition) is 3. The second-order valence-electron chi connectivity index (χ2n) is 3.88. The normalized spacial score (nSPS) is 10.7. The third kappa shape index (κ3) is 2.93. The van der Waals surface area contributed by atoms with Gasteiger partial charge in [0, 0.05) is 17.0 Å². The highest BCUT2D eigenvalue weighted by molar-refractivity contribution is 7.12. The summed E-state index contributed by atoms with van der Waals surface area (Å²) in [4.78, 5) is 6.12. The van der Waals surface area contributed by atoms with Gasteiger partial charge in [-0.25, -0.2) is 4.98 Å². The van der Waals surface area contributed by atoms with Crippen LogP contribution in [0.3, 0.4) is 0 Å². The zero-order valence-electron chi connectivity index (χ0n) is 10.4. The van der Waals surface area contributed by atoms with Gasteiger partial charge in [0.05, 0.1) is 5.69 Å². The molecule has 1 aromatic carbocycles. The Labute approximate surface area is 107 Å². The minimum absolute atomic E-state index is 0.876. The van der Waals surface area contributed by atoms with Crippen molar-refractivity contribution in [1.29, 1.82) is 0 Å². The fourth-order valence-electron chi connectivity index (χ4n) is 1.77. The van der Waals surface area contributed by atoms with Crippen LogP contribution in [0.4, 0.5) is 0 Å². The van der Waals surface area contributed by atoms with E-state index in [2.05, 4.69) is 43.4 Å². The predicted octanol–water partition coefficient (Wildman–Crippen LogP) is 3.48. The van der Waals surface area contributed by atoms with Gasteiger partial charge in [0.15, 0.2) is 0 Å². The second-order valence-corrected chi connectivity index (χ2v) is 5.05. The van der Waals surface area contributed by atoms with E-state index in [1.807, 2.05) is 17.4 Å². The molecule has 0 spiro atoms. The molecule has 0 aliphatic heterocycles. The molecule has 0 saturated carbocycles. The molecule has 17 heavy (non-hydrogen) atoms. The van der Waals surface area contributed by atoms with Crippen LogP contribution in [0, 0.1) is 0 Å². The van der Waals surface area contributed by atoms with E-state index in [9.17, 15) is 0 Å². The zero-order chi connectivity index (χ0) is 12.1.